The Morgan fingerprint density at radius 2 is 1.71 bits per heavy atom. The Morgan fingerprint density at radius 1 is 1.03 bits per heavy atom. The maximum atomic E-state index is 12.8. The molecule has 2 aromatic carbocycles. The molecule has 0 fully saturated rings. The molecule has 0 radical (unpaired) electrons. The maximum absolute atomic E-state index is 12.8. The third-order valence-corrected chi connectivity index (χ3v) is 5.90. The minimum absolute atomic E-state index is 0.345. The summed E-state index contributed by atoms with van der Waals surface area (Å²) in [5.74, 6) is -0.0424. The standard InChI is InChI=1S/C25H26F3N3O4S.C2H6/c1-16(23(36-3)24(32)31-18-4-6-19(7-5-18)35-25(26,27)28)30-15-17-10-11-29-22-14-20(8-9-21(17)22)34-13-12-33-2;1-2/h4-11,14,30H,12-13,15H2,1-3H3,(H,31,32);1-2H3/b23-16+;. The van der Waals surface area contributed by atoms with Gasteiger partial charge >= 0.3 is 6.36 Å². The molecular formula is C27H32F3N3O4S. The number of anilines is 1. The number of ether oxygens (including phenoxy) is 3. The molecule has 0 atom stereocenters. The molecule has 206 valence electrons. The highest BCUT2D eigenvalue weighted by atomic mass is 32.2. The van der Waals surface area contributed by atoms with Gasteiger partial charge < -0.3 is 24.8 Å². The van der Waals surface area contributed by atoms with Gasteiger partial charge in [-0.15, -0.1) is 24.9 Å². The van der Waals surface area contributed by atoms with Crippen LogP contribution in [0.3, 0.4) is 0 Å². The van der Waals surface area contributed by atoms with Crippen molar-refractivity contribution in [3.8, 4) is 11.5 Å². The number of hydrogen-bond donors (Lipinski definition) is 2. The van der Waals surface area contributed by atoms with Crippen LogP contribution in [0.4, 0.5) is 18.9 Å². The molecule has 1 amide bonds. The number of carbonyl (C=O) groups is 1. The average Bonchev–Trinajstić information content (AvgIpc) is 2.89. The van der Waals surface area contributed by atoms with Crippen molar-refractivity contribution >= 4 is 34.3 Å². The summed E-state index contributed by atoms with van der Waals surface area (Å²) in [6.45, 7) is 7.18. The summed E-state index contributed by atoms with van der Waals surface area (Å²) < 4.78 is 51.5. The number of benzene rings is 2. The lowest BCUT2D eigenvalue weighted by Crippen LogP contribution is -2.20. The smallest absolute Gasteiger partial charge is 0.491 e. The Labute approximate surface area is 224 Å². The number of methoxy groups -OCH3 is 1. The molecule has 3 aromatic rings. The summed E-state index contributed by atoms with van der Waals surface area (Å²) in [6, 6.07) is 12.5. The molecule has 0 saturated heterocycles. The van der Waals surface area contributed by atoms with Crippen LogP contribution in [0.15, 0.2) is 65.3 Å². The van der Waals surface area contributed by atoms with E-state index in [2.05, 4.69) is 20.4 Å². The van der Waals surface area contributed by atoms with Crippen LogP contribution in [0.5, 0.6) is 11.5 Å². The van der Waals surface area contributed by atoms with E-state index in [1.807, 2.05) is 38.1 Å². The molecule has 0 aliphatic rings. The van der Waals surface area contributed by atoms with Crippen LogP contribution in [-0.4, -0.2) is 43.8 Å². The van der Waals surface area contributed by atoms with Gasteiger partial charge in [0.05, 0.1) is 17.0 Å². The number of hydrogen-bond acceptors (Lipinski definition) is 7. The zero-order valence-electron chi connectivity index (χ0n) is 21.9. The predicted octanol–water partition coefficient (Wildman–Crippen LogP) is 6.51. The van der Waals surface area contributed by atoms with Crippen molar-refractivity contribution in [2.24, 2.45) is 0 Å². The Balaban J connectivity index is 0.00000247. The van der Waals surface area contributed by atoms with Crippen LogP contribution in [-0.2, 0) is 16.1 Å². The van der Waals surface area contributed by atoms with Gasteiger partial charge in [0.15, 0.2) is 0 Å². The first-order valence-corrected chi connectivity index (χ1v) is 13.1. The zero-order valence-corrected chi connectivity index (χ0v) is 22.8. The maximum Gasteiger partial charge on any atom is 0.573 e. The third-order valence-electron chi connectivity index (χ3n) is 5.00. The summed E-state index contributed by atoms with van der Waals surface area (Å²) in [7, 11) is 1.61. The van der Waals surface area contributed by atoms with Crippen molar-refractivity contribution in [2.45, 2.75) is 33.7 Å². The van der Waals surface area contributed by atoms with Gasteiger partial charge in [0.2, 0.25) is 0 Å². The molecule has 7 nitrogen and oxygen atoms in total. The Bertz CT molecular complexity index is 1220. The summed E-state index contributed by atoms with van der Waals surface area (Å²) in [5, 5.41) is 6.92. The van der Waals surface area contributed by atoms with Crippen molar-refractivity contribution in [1.82, 2.24) is 10.3 Å². The molecule has 0 saturated carbocycles. The van der Waals surface area contributed by atoms with Crippen LogP contribution in [0.25, 0.3) is 10.9 Å². The first kappa shape index (κ1) is 30.8. The lowest BCUT2D eigenvalue weighted by molar-refractivity contribution is -0.274. The van der Waals surface area contributed by atoms with E-state index in [-0.39, 0.29) is 11.7 Å². The number of nitrogens with zero attached hydrogens (tertiary/aromatic N) is 1. The van der Waals surface area contributed by atoms with Crippen LogP contribution >= 0.6 is 11.8 Å². The number of rotatable bonds is 11. The Hall–Kier alpha value is -3.44. The number of fused-ring (bicyclic) bond motifs is 1. The molecule has 0 bridgehead atoms. The lowest BCUT2D eigenvalue weighted by atomic mass is 10.1. The monoisotopic (exact) mass is 551 g/mol. The van der Waals surface area contributed by atoms with Crippen molar-refractivity contribution in [1.29, 1.82) is 0 Å². The number of amides is 1. The fourth-order valence-electron chi connectivity index (χ4n) is 3.33. The molecule has 0 unspecified atom stereocenters. The van der Waals surface area contributed by atoms with E-state index in [1.165, 1.54) is 23.9 Å². The largest absolute Gasteiger partial charge is 0.573 e. The second kappa shape index (κ2) is 15.1. The highest BCUT2D eigenvalue weighted by Crippen LogP contribution is 2.26. The minimum Gasteiger partial charge on any atom is -0.491 e. The van der Waals surface area contributed by atoms with Gasteiger partial charge in [0.25, 0.3) is 5.91 Å². The van der Waals surface area contributed by atoms with Gasteiger partial charge in [0, 0.05) is 42.7 Å². The Kier molecular flexibility index (Phi) is 12.2. The van der Waals surface area contributed by atoms with Gasteiger partial charge in [-0.1, -0.05) is 13.8 Å². The average molecular weight is 552 g/mol. The van der Waals surface area contributed by atoms with E-state index in [0.29, 0.717) is 41.8 Å². The van der Waals surface area contributed by atoms with E-state index in [4.69, 9.17) is 9.47 Å². The fourth-order valence-corrected chi connectivity index (χ4v) is 3.94. The van der Waals surface area contributed by atoms with Gasteiger partial charge in [-0.3, -0.25) is 9.78 Å². The molecule has 2 N–H and O–H groups in total. The number of thioether (sulfide) groups is 1. The van der Waals surface area contributed by atoms with Gasteiger partial charge in [-0.2, -0.15) is 0 Å². The van der Waals surface area contributed by atoms with Crippen LogP contribution in [0.1, 0.15) is 26.3 Å². The SMILES string of the molecule is CC.COCCOc1ccc2c(CN/C(C)=C(/SC)C(=O)Nc3ccc(OC(F)(F)F)cc3)ccnc2c1. The number of carbonyl (C=O) groups excluding carboxylic acids is 1. The lowest BCUT2D eigenvalue weighted by Gasteiger charge is -2.14. The highest BCUT2D eigenvalue weighted by Gasteiger charge is 2.31. The second-order valence-corrected chi connectivity index (χ2v) is 8.34. The summed E-state index contributed by atoms with van der Waals surface area (Å²) in [5.41, 5.74) is 2.77. The molecule has 11 heteroatoms. The molecular weight excluding hydrogens is 519 g/mol. The van der Waals surface area contributed by atoms with Crippen molar-refractivity contribution in [2.75, 3.05) is 31.9 Å². The van der Waals surface area contributed by atoms with Crippen molar-refractivity contribution in [3.05, 3.63) is 70.9 Å². The number of aromatic nitrogens is 1. The molecule has 1 heterocycles. The molecule has 0 aliphatic carbocycles. The number of nitrogens with one attached hydrogen (secondary N) is 2. The van der Waals surface area contributed by atoms with E-state index in [9.17, 15) is 18.0 Å². The summed E-state index contributed by atoms with van der Waals surface area (Å²) in [4.78, 5) is 17.7. The molecule has 1 aromatic heterocycles. The van der Waals surface area contributed by atoms with E-state index in [0.717, 1.165) is 28.6 Å². The fraction of sp³-hybridized carbons (Fsp3) is 0.333. The number of halogens is 3. The molecule has 0 spiro atoms. The molecule has 38 heavy (non-hydrogen) atoms. The topological polar surface area (TPSA) is 81.7 Å². The van der Waals surface area contributed by atoms with Crippen LogP contribution in [0.2, 0.25) is 0 Å². The van der Waals surface area contributed by atoms with Gasteiger partial charge in [-0.25, -0.2) is 0 Å². The van der Waals surface area contributed by atoms with Crippen LogP contribution < -0.4 is 20.1 Å². The number of pyridine rings is 1. The quantitative estimate of drug-likeness (QED) is 0.208. The highest BCUT2D eigenvalue weighted by molar-refractivity contribution is 8.03. The first-order valence-electron chi connectivity index (χ1n) is 11.9. The normalized spacial score (nSPS) is 11.7. The molecule has 3 rings (SSSR count). The summed E-state index contributed by atoms with van der Waals surface area (Å²) >= 11 is 1.26. The second-order valence-electron chi connectivity index (χ2n) is 7.53. The van der Waals surface area contributed by atoms with E-state index in [1.54, 1.807) is 26.5 Å². The van der Waals surface area contributed by atoms with Crippen LogP contribution in [0, 0.1) is 0 Å². The third kappa shape index (κ3) is 9.46. The first-order chi connectivity index (χ1) is 18.2. The van der Waals surface area contributed by atoms with Gasteiger partial charge in [-0.05, 0) is 61.2 Å². The zero-order chi connectivity index (χ0) is 28.1. The Morgan fingerprint density at radius 3 is 2.34 bits per heavy atom. The predicted molar refractivity (Wildman–Crippen MR) is 145 cm³/mol. The van der Waals surface area contributed by atoms with E-state index >= 15 is 0 Å². The number of allylic oxidation sites excluding steroid dienone is 1. The minimum atomic E-state index is -4.78. The summed E-state index contributed by atoms with van der Waals surface area (Å²) in [6.07, 6.45) is -1.29. The molecule has 0 aliphatic heterocycles. The van der Waals surface area contributed by atoms with E-state index < -0.39 is 6.36 Å². The van der Waals surface area contributed by atoms with Crippen molar-refractivity contribution in [3.63, 3.8) is 0 Å². The van der Waals surface area contributed by atoms with Crippen molar-refractivity contribution < 1.29 is 32.2 Å². The van der Waals surface area contributed by atoms with Gasteiger partial charge in [0.1, 0.15) is 18.1 Å². The number of alkyl halides is 3.